The largest absolute Gasteiger partial charge is 0.386 e. The van der Waals surface area contributed by atoms with Crippen LogP contribution in [0.5, 0.6) is 0 Å². The molecule has 3 heteroatoms. The van der Waals surface area contributed by atoms with Crippen LogP contribution in [-0.4, -0.2) is 18.9 Å². The molecule has 1 heterocycles. The van der Waals surface area contributed by atoms with E-state index in [2.05, 4.69) is 17.8 Å². The van der Waals surface area contributed by atoms with E-state index < -0.39 is 6.04 Å². The fraction of sp³-hybridized carbons (Fsp3) is 0.818. The fourth-order valence-corrected chi connectivity index (χ4v) is 4.75. The van der Waals surface area contributed by atoms with Crippen molar-refractivity contribution >= 4 is 17.8 Å². The Morgan fingerprint density at radius 1 is 1.36 bits per heavy atom. The van der Waals surface area contributed by atoms with Gasteiger partial charge in [-0.3, -0.25) is 0 Å². The molecule has 1 aliphatic carbocycles. The number of nitrogens with one attached hydrogen (secondary N) is 1. The van der Waals surface area contributed by atoms with Crippen LogP contribution in [-0.2, 0) is 11.8 Å². The van der Waals surface area contributed by atoms with Gasteiger partial charge in [-0.15, -0.1) is 0 Å². The summed E-state index contributed by atoms with van der Waals surface area (Å²) in [7, 11) is 0. The molecule has 1 unspecified atom stereocenters. The topological polar surface area (TPSA) is 12.0 Å². The second-order valence-electron chi connectivity index (χ2n) is 4.78. The summed E-state index contributed by atoms with van der Waals surface area (Å²) < 4.78 is 0. The van der Waals surface area contributed by atoms with Crippen molar-refractivity contribution in [1.82, 2.24) is 5.32 Å². The zero-order chi connectivity index (χ0) is 10.0. The van der Waals surface area contributed by atoms with Crippen molar-refractivity contribution in [1.29, 1.82) is 0 Å². The molecule has 1 aliphatic heterocycles. The number of rotatable bonds is 2. The highest BCUT2D eigenvalue weighted by Gasteiger charge is 2.20. The van der Waals surface area contributed by atoms with Gasteiger partial charge < -0.3 is 5.32 Å². The molecule has 0 aromatic heterocycles. The van der Waals surface area contributed by atoms with Gasteiger partial charge in [-0.25, -0.2) is 0 Å². The first-order valence-corrected chi connectivity index (χ1v) is 9.21. The number of hydrogen-bond donors (Lipinski definition) is 1. The fourth-order valence-electron chi connectivity index (χ4n) is 2.42. The van der Waals surface area contributed by atoms with Crippen molar-refractivity contribution in [3.8, 4) is 0 Å². The molecule has 0 aromatic carbocycles. The lowest BCUT2D eigenvalue weighted by molar-refractivity contribution is 0.394. The van der Waals surface area contributed by atoms with Crippen molar-refractivity contribution in [2.24, 2.45) is 0 Å². The van der Waals surface area contributed by atoms with E-state index in [1.165, 1.54) is 50.4 Å². The highest BCUT2D eigenvalue weighted by atomic mass is 32.4. The van der Waals surface area contributed by atoms with Crippen LogP contribution in [0.3, 0.4) is 0 Å². The molecule has 1 saturated carbocycles. The Morgan fingerprint density at radius 2 is 2.07 bits per heavy atom. The molecule has 1 atom stereocenters. The lowest BCUT2D eigenvalue weighted by atomic mass is 9.95. The summed E-state index contributed by atoms with van der Waals surface area (Å²) in [5.41, 5.74) is 1.46. The van der Waals surface area contributed by atoms with Crippen LogP contribution in [0.15, 0.2) is 11.5 Å². The van der Waals surface area contributed by atoms with Gasteiger partial charge in [-0.2, -0.15) is 0 Å². The molecule has 0 radical (unpaired) electrons. The maximum Gasteiger partial charge on any atom is 0.0258 e. The van der Waals surface area contributed by atoms with Crippen LogP contribution in [0.2, 0.25) is 0 Å². The molecule has 1 nitrogen and oxygen atoms in total. The molecule has 0 saturated heterocycles. The van der Waals surface area contributed by atoms with Gasteiger partial charge in [0.15, 0.2) is 0 Å². The van der Waals surface area contributed by atoms with Gasteiger partial charge in [0, 0.05) is 11.7 Å². The van der Waals surface area contributed by atoms with E-state index >= 15 is 0 Å². The average Bonchev–Trinajstić information content (AvgIpc) is 2.47. The summed E-state index contributed by atoms with van der Waals surface area (Å²) in [6, 6.07) is -0.305. The van der Waals surface area contributed by atoms with Crippen molar-refractivity contribution in [2.75, 3.05) is 12.8 Å². The lowest BCUT2D eigenvalue weighted by Crippen LogP contribution is -2.29. The highest BCUT2D eigenvalue weighted by Crippen LogP contribution is 2.50. The summed E-state index contributed by atoms with van der Waals surface area (Å²) in [5.74, 6) is 2.37. The van der Waals surface area contributed by atoms with Crippen LogP contribution in [0.1, 0.15) is 38.5 Å². The molecule has 0 spiro atoms. The van der Waals surface area contributed by atoms with E-state index in [1.807, 2.05) is 0 Å². The first-order valence-electron chi connectivity index (χ1n) is 5.70. The van der Waals surface area contributed by atoms with Gasteiger partial charge >= 0.3 is 0 Å². The lowest BCUT2D eigenvalue weighted by Gasteiger charge is -2.24. The summed E-state index contributed by atoms with van der Waals surface area (Å²) in [5, 5.41) is 3.70. The first-order chi connectivity index (χ1) is 6.66. The maximum atomic E-state index is 5.55. The van der Waals surface area contributed by atoms with Crippen LogP contribution in [0.25, 0.3) is 0 Å². The van der Waals surface area contributed by atoms with Crippen LogP contribution < -0.4 is 5.32 Å². The van der Waals surface area contributed by atoms with E-state index in [4.69, 9.17) is 11.8 Å². The molecule has 2 rings (SSSR count). The Kier molecular flexibility index (Phi) is 3.34. The van der Waals surface area contributed by atoms with Crippen LogP contribution in [0.4, 0.5) is 0 Å². The minimum absolute atomic E-state index is 0.753. The standard InChI is InChI=1S/C11H20NPS/c1-13(14)8-7-11(9-13)12-10-5-3-2-4-6-10/h9-10,12H,2-8H2,1H3. The molecular formula is C11H20NPS. The molecule has 2 aliphatic rings. The van der Waals surface area contributed by atoms with Crippen molar-refractivity contribution in [3.05, 3.63) is 11.5 Å². The first kappa shape index (κ1) is 10.7. The minimum Gasteiger partial charge on any atom is -0.386 e. The highest BCUT2D eigenvalue weighted by molar-refractivity contribution is 8.15. The Bertz CT molecular complexity index is 279. The molecule has 1 N–H and O–H groups in total. The molecule has 0 aromatic rings. The second kappa shape index (κ2) is 4.37. The van der Waals surface area contributed by atoms with E-state index in [0.717, 1.165) is 6.04 Å². The van der Waals surface area contributed by atoms with Gasteiger partial charge in [0.05, 0.1) is 0 Å². The third-order valence-electron chi connectivity index (χ3n) is 3.25. The maximum absolute atomic E-state index is 5.55. The van der Waals surface area contributed by atoms with Gasteiger partial charge in [0.1, 0.15) is 0 Å². The summed E-state index contributed by atoms with van der Waals surface area (Å²) >= 11 is 5.55. The Balaban J connectivity index is 1.88. The monoisotopic (exact) mass is 229 g/mol. The van der Waals surface area contributed by atoms with Gasteiger partial charge in [-0.1, -0.05) is 31.1 Å². The zero-order valence-corrected chi connectivity index (χ0v) is 10.7. The molecule has 14 heavy (non-hydrogen) atoms. The van der Waals surface area contributed by atoms with E-state index in [-0.39, 0.29) is 0 Å². The van der Waals surface area contributed by atoms with Crippen molar-refractivity contribution in [2.45, 2.75) is 44.6 Å². The Morgan fingerprint density at radius 3 is 2.64 bits per heavy atom. The van der Waals surface area contributed by atoms with Crippen molar-refractivity contribution in [3.63, 3.8) is 0 Å². The zero-order valence-electron chi connectivity index (χ0n) is 8.96. The number of allylic oxidation sites excluding steroid dienone is 1. The van der Waals surface area contributed by atoms with Gasteiger partial charge in [-0.05, 0) is 43.9 Å². The quantitative estimate of drug-likeness (QED) is 0.729. The Hall–Kier alpha value is 0.190. The molecular weight excluding hydrogens is 209 g/mol. The second-order valence-corrected chi connectivity index (χ2v) is 10.3. The molecule has 0 amide bonds. The normalized spacial score (nSPS) is 34.2. The van der Waals surface area contributed by atoms with E-state index in [1.54, 1.807) is 0 Å². The predicted octanol–water partition coefficient (Wildman–Crippen LogP) is 3.26. The minimum atomic E-state index is -1.06. The van der Waals surface area contributed by atoms with Crippen LogP contribution >= 0.6 is 6.04 Å². The number of hydrogen-bond acceptors (Lipinski definition) is 2. The SMILES string of the molecule is CP1(=S)C=C(NC2CCCCC2)CC1. The van der Waals surface area contributed by atoms with Gasteiger partial charge in [0.25, 0.3) is 0 Å². The third-order valence-corrected chi connectivity index (χ3v) is 6.08. The van der Waals surface area contributed by atoms with E-state index in [0.29, 0.717) is 0 Å². The smallest absolute Gasteiger partial charge is 0.0258 e. The predicted molar refractivity (Wildman–Crippen MR) is 67.8 cm³/mol. The summed E-state index contributed by atoms with van der Waals surface area (Å²) in [6.45, 7) is 2.26. The van der Waals surface area contributed by atoms with Gasteiger partial charge in [0.2, 0.25) is 0 Å². The van der Waals surface area contributed by atoms with Crippen molar-refractivity contribution < 1.29 is 0 Å². The van der Waals surface area contributed by atoms with Crippen LogP contribution in [0, 0.1) is 0 Å². The summed E-state index contributed by atoms with van der Waals surface area (Å²) in [4.78, 5) is 0. The summed E-state index contributed by atoms with van der Waals surface area (Å²) in [6.07, 6.45) is 9.44. The Labute approximate surface area is 92.4 Å². The third kappa shape index (κ3) is 2.84. The van der Waals surface area contributed by atoms with E-state index in [9.17, 15) is 0 Å². The molecule has 0 bridgehead atoms. The molecule has 1 fully saturated rings. The molecule has 80 valence electrons. The average molecular weight is 229 g/mol.